The van der Waals surface area contributed by atoms with Crippen LogP contribution in [0.15, 0.2) is 23.8 Å². The van der Waals surface area contributed by atoms with E-state index >= 15 is 0 Å². The average molecular weight is 238 g/mol. The Balaban J connectivity index is 2.85. The predicted molar refractivity (Wildman–Crippen MR) is 71.6 cm³/mol. The predicted octanol–water partition coefficient (Wildman–Crippen LogP) is 4.28. The van der Waals surface area contributed by atoms with E-state index < -0.39 is 0 Å². The fraction of sp³-hybridized carbons (Fsp3) is 0.733. The van der Waals surface area contributed by atoms with Crippen molar-refractivity contribution < 1.29 is 9.78 Å². The topological polar surface area (TPSA) is 18.5 Å². The molecule has 2 unspecified atom stereocenters. The largest absolute Gasteiger partial charge is 0.230 e. The fourth-order valence-electron chi connectivity index (χ4n) is 2.53. The van der Waals surface area contributed by atoms with Gasteiger partial charge in [-0.1, -0.05) is 31.6 Å². The quantitative estimate of drug-likeness (QED) is 0.539. The van der Waals surface area contributed by atoms with Crippen LogP contribution in [0.1, 0.15) is 48.5 Å². The van der Waals surface area contributed by atoms with E-state index in [1.54, 1.807) is 0 Å². The SMILES string of the molecule is CC1=CC=CC(C)(OOC(C)(C)C)C1C(C)C. The molecule has 0 aliphatic heterocycles. The smallest absolute Gasteiger partial charge is 0.126 e. The molecular weight excluding hydrogens is 212 g/mol. The first-order valence-corrected chi connectivity index (χ1v) is 6.38. The van der Waals surface area contributed by atoms with Gasteiger partial charge in [0.2, 0.25) is 0 Å². The van der Waals surface area contributed by atoms with E-state index in [2.05, 4.69) is 45.9 Å². The molecule has 0 bridgehead atoms. The van der Waals surface area contributed by atoms with Gasteiger partial charge >= 0.3 is 0 Å². The lowest BCUT2D eigenvalue weighted by molar-refractivity contribution is -0.398. The summed E-state index contributed by atoms with van der Waals surface area (Å²) in [6.45, 7) is 14.7. The molecule has 0 aromatic rings. The van der Waals surface area contributed by atoms with Crippen LogP contribution in [0.5, 0.6) is 0 Å². The third-order valence-corrected chi connectivity index (χ3v) is 3.03. The Labute approximate surface area is 106 Å². The highest BCUT2D eigenvalue weighted by atomic mass is 17.2. The minimum absolute atomic E-state index is 0.284. The van der Waals surface area contributed by atoms with Gasteiger partial charge in [0, 0.05) is 5.92 Å². The minimum Gasteiger partial charge on any atom is -0.230 e. The molecule has 1 aliphatic rings. The number of allylic oxidation sites excluding steroid dienone is 2. The van der Waals surface area contributed by atoms with Gasteiger partial charge in [-0.2, -0.15) is 0 Å². The van der Waals surface area contributed by atoms with E-state index in [0.29, 0.717) is 11.8 Å². The monoisotopic (exact) mass is 238 g/mol. The van der Waals surface area contributed by atoms with Crippen molar-refractivity contribution in [1.82, 2.24) is 0 Å². The molecule has 17 heavy (non-hydrogen) atoms. The molecule has 0 aromatic heterocycles. The van der Waals surface area contributed by atoms with E-state index in [1.807, 2.05) is 20.8 Å². The lowest BCUT2D eigenvalue weighted by Crippen LogP contribution is -2.42. The lowest BCUT2D eigenvalue weighted by Gasteiger charge is -2.40. The second kappa shape index (κ2) is 4.95. The Morgan fingerprint density at radius 1 is 1.29 bits per heavy atom. The van der Waals surface area contributed by atoms with Crippen molar-refractivity contribution in [2.75, 3.05) is 0 Å². The summed E-state index contributed by atoms with van der Waals surface area (Å²) in [5.41, 5.74) is 0.691. The van der Waals surface area contributed by atoms with Crippen LogP contribution < -0.4 is 0 Å². The molecule has 0 saturated heterocycles. The maximum Gasteiger partial charge on any atom is 0.126 e. The van der Waals surface area contributed by atoms with E-state index in [9.17, 15) is 0 Å². The minimum atomic E-state index is -0.375. The van der Waals surface area contributed by atoms with Crippen LogP contribution in [0, 0.1) is 11.8 Å². The molecule has 0 fully saturated rings. The van der Waals surface area contributed by atoms with Gasteiger partial charge in [-0.15, -0.1) is 0 Å². The van der Waals surface area contributed by atoms with Crippen LogP contribution in [-0.4, -0.2) is 11.2 Å². The summed E-state index contributed by atoms with van der Waals surface area (Å²) in [6, 6.07) is 0. The number of hydrogen-bond donors (Lipinski definition) is 0. The number of hydrogen-bond acceptors (Lipinski definition) is 2. The Morgan fingerprint density at radius 2 is 1.88 bits per heavy atom. The normalized spacial score (nSPS) is 29.6. The zero-order valence-corrected chi connectivity index (χ0v) is 12.2. The summed E-state index contributed by atoms with van der Waals surface area (Å²) >= 11 is 0. The molecule has 0 spiro atoms. The Morgan fingerprint density at radius 3 is 2.35 bits per heavy atom. The second-order valence-corrected chi connectivity index (χ2v) is 6.45. The second-order valence-electron chi connectivity index (χ2n) is 6.45. The highest BCUT2D eigenvalue weighted by molar-refractivity contribution is 5.27. The van der Waals surface area contributed by atoms with Gasteiger partial charge in [-0.3, -0.25) is 0 Å². The van der Waals surface area contributed by atoms with E-state index in [0.717, 1.165) is 0 Å². The number of rotatable bonds is 3. The van der Waals surface area contributed by atoms with Gasteiger partial charge in [-0.05, 0) is 46.6 Å². The Bertz CT molecular complexity index is 320. The van der Waals surface area contributed by atoms with Crippen molar-refractivity contribution in [1.29, 1.82) is 0 Å². The first-order chi connectivity index (χ1) is 7.66. The fourth-order valence-corrected chi connectivity index (χ4v) is 2.53. The van der Waals surface area contributed by atoms with E-state index in [-0.39, 0.29) is 11.2 Å². The Hall–Kier alpha value is -0.600. The van der Waals surface area contributed by atoms with Gasteiger partial charge in [0.05, 0.1) is 5.60 Å². The van der Waals surface area contributed by atoms with Crippen LogP contribution in [0.4, 0.5) is 0 Å². The molecule has 2 atom stereocenters. The summed E-state index contributed by atoms with van der Waals surface area (Å²) < 4.78 is 0. The maximum absolute atomic E-state index is 5.75. The van der Waals surface area contributed by atoms with Crippen molar-refractivity contribution >= 4 is 0 Å². The summed E-state index contributed by atoms with van der Waals surface area (Å²) in [7, 11) is 0. The molecule has 0 amide bonds. The van der Waals surface area contributed by atoms with Crippen LogP contribution in [-0.2, 0) is 9.78 Å². The molecule has 0 N–H and O–H groups in total. The molecule has 2 nitrogen and oxygen atoms in total. The van der Waals surface area contributed by atoms with Gasteiger partial charge < -0.3 is 0 Å². The van der Waals surface area contributed by atoms with Gasteiger partial charge in [0.25, 0.3) is 0 Å². The zero-order valence-electron chi connectivity index (χ0n) is 12.2. The molecule has 0 radical (unpaired) electrons. The van der Waals surface area contributed by atoms with E-state index in [4.69, 9.17) is 9.78 Å². The summed E-state index contributed by atoms with van der Waals surface area (Å²) in [6.07, 6.45) is 6.31. The van der Waals surface area contributed by atoms with Crippen molar-refractivity contribution in [3.05, 3.63) is 23.8 Å². The Kier molecular flexibility index (Phi) is 4.21. The molecule has 2 heteroatoms. The van der Waals surface area contributed by atoms with Crippen molar-refractivity contribution in [2.24, 2.45) is 11.8 Å². The average Bonchev–Trinajstić information content (AvgIpc) is 2.13. The van der Waals surface area contributed by atoms with Crippen LogP contribution in [0.2, 0.25) is 0 Å². The van der Waals surface area contributed by atoms with Gasteiger partial charge in [-0.25, -0.2) is 9.78 Å². The van der Waals surface area contributed by atoms with Crippen molar-refractivity contribution in [3.63, 3.8) is 0 Å². The molecule has 98 valence electrons. The summed E-state index contributed by atoms with van der Waals surface area (Å²) in [4.78, 5) is 11.3. The molecule has 1 rings (SSSR count). The van der Waals surface area contributed by atoms with E-state index in [1.165, 1.54) is 5.57 Å². The lowest BCUT2D eigenvalue weighted by atomic mass is 9.74. The van der Waals surface area contributed by atoms with Crippen molar-refractivity contribution in [3.8, 4) is 0 Å². The highest BCUT2D eigenvalue weighted by Gasteiger charge is 2.39. The standard InChI is InChI=1S/C15H26O2/c1-11(2)13-12(3)9-8-10-15(13,7)17-16-14(4,5)6/h8-11,13H,1-7H3. The van der Waals surface area contributed by atoms with Crippen LogP contribution in [0.25, 0.3) is 0 Å². The summed E-state index contributed by atoms with van der Waals surface area (Å²) in [5.74, 6) is 0.875. The zero-order chi connectivity index (χ0) is 13.3. The van der Waals surface area contributed by atoms with Gasteiger partial charge in [0.1, 0.15) is 5.60 Å². The first kappa shape index (κ1) is 14.5. The highest BCUT2D eigenvalue weighted by Crippen LogP contribution is 2.38. The van der Waals surface area contributed by atoms with Gasteiger partial charge in [0.15, 0.2) is 0 Å². The van der Waals surface area contributed by atoms with Crippen LogP contribution >= 0.6 is 0 Å². The molecule has 0 aromatic carbocycles. The third-order valence-electron chi connectivity index (χ3n) is 3.03. The first-order valence-electron chi connectivity index (χ1n) is 6.38. The van der Waals surface area contributed by atoms with Crippen LogP contribution in [0.3, 0.4) is 0 Å². The third kappa shape index (κ3) is 3.68. The molecular formula is C15H26O2. The molecule has 0 heterocycles. The molecule has 0 saturated carbocycles. The summed E-state index contributed by atoms with van der Waals surface area (Å²) in [5, 5.41) is 0. The molecule has 1 aliphatic carbocycles. The van der Waals surface area contributed by atoms with Crippen molar-refractivity contribution in [2.45, 2.75) is 59.7 Å². The maximum atomic E-state index is 5.75.